The van der Waals surface area contributed by atoms with Crippen LogP contribution in [0.15, 0.2) is 66.7 Å². The molecule has 4 heteroatoms. The number of amides is 1. The first-order valence-corrected chi connectivity index (χ1v) is 8.35. The molecule has 124 valence electrons. The highest BCUT2D eigenvalue weighted by Crippen LogP contribution is 2.14. The molecule has 0 aliphatic carbocycles. The van der Waals surface area contributed by atoms with Gasteiger partial charge in [-0.05, 0) is 42.9 Å². The van der Waals surface area contributed by atoms with Crippen molar-refractivity contribution in [3.63, 3.8) is 0 Å². The standard InChI is InChI=1S/C20H22N2O2/c23-20(18-9-5-11-24-15-18)22-19(12-16-6-2-1-3-7-16)13-17-8-4-10-21-14-17/h1-4,6-8,10,14-15,19H,5,9,11-13H2,(H,22,23). The summed E-state index contributed by atoms with van der Waals surface area (Å²) in [6.07, 6.45) is 8.42. The number of benzene rings is 1. The topological polar surface area (TPSA) is 51.2 Å². The molecule has 4 nitrogen and oxygen atoms in total. The summed E-state index contributed by atoms with van der Waals surface area (Å²) in [4.78, 5) is 16.7. The van der Waals surface area contributed by atoms with Gasteiger partial charge in [0.15, 0.2) is 0 Å². The van der Waals surface area contributed by atoms with Gasteiger partial charge in [0.1, 0.15) is 0 Å². The number of rotatable bonds is 6. The van der Waals surface area contributed by atoms with Crippen molar-refractivity contribution in [2.75, 3.05) is 6.61 Å². The lowest BCUT2D eigenvalue weighted by Gasteiger charge is -2.21. The fourth-order valence-electron chi connectivity index (χ4n) is 2.89. The minimum Gasteiger partial charge on any atom is -0.501 e. The van der Waals surface area contributed by atoms with Crippen LogP contribution in [0.1, 0.15) is 24.0 Å². The predicted octanol–water partition coefficient (Wildman–Crippen LogP) is 3.05. The lowest BCUT2D eigenvalue weighted by atomic mass is 9.99. The molecule has 0 saturated heterocycles. The molecule has 0 radical (unpaired) electrons. The summed E-state index contributed by atoms with van der Waals surface area (Å²) in [5.74, 6) is -0.0282. The maximum absolute atomic E-state index is 12.5. The highest BCUT2D eigenvalue weighted by molar-refractivity contribution is 5.93. The molecule has 1 amide bonds. The van der Waals surface area contributed by atoms with Crippen molar-refractivity contribution in [2.24, 2.45) is 0 Å². The number of pyridine rings is 1. The maximum Gasteiger partial charge on any atom is 0.250 e. The largest absolute Gasteiger partial charge is 0.501 e. The van der Waals surface area contributed by atoms with Gasteiger partial charge in [-0.3, -0.25) is 9.78 Å². The van der Waals surface area contributed by atoms with E-state index < -0.39 is 0 Å². The van der Waals surface area contributed by atoms with E-state index in [0.717, 1.165) is 36.8 Å². The SMILES string of the molecule is O=C(NC(Cc1ccccc1)Cc1cccnc1)C1=COCCC1. The molecular weight excluding hydrogens is 300 g/mol. The summed E-state index contributed by atoms with van der Waals surface area (Å²) < 4.78 is 5.29. The van der Waals surface area contributed by atoms with Gasteiger partial charge < -0.3 is 10.1 Å². The van der Waals surface area contributed by atoms with Crippen LogP contribution >= 0.6 is 0 Å². The molecule has 1 aliphatic rings. The Bertz CT molecular complexity index is 642. The number of nitrogens with one attached hydrogen (secondary N) is 1. The van der Waals surface area contributed by atoms with Crippen LogP contribution in [0.3, 0.4) is 0 Å². The Kier molecular flexibility index (Phi) is 5.61. The van der Waals surface area contributed by atoms with Crippen molar-refractivity contribution >= 4 is 5.91 Å². The van der Waals surface area contributed by atoms with Crippen LogP contribution in [0.2, 0.25) is 0 Å². The average molecular weight is 322 g/mol. The average Bonchev–Trinajstić information content (AvgIpc) is 2.64. The third-order valence-corrected chi connectivity index (χ3v) is 4.09. The molecule has 1 aromatic heterocycles. The monoisotopic (exact) mass is 322 g/mol. The molecule has 1 N–H and O–H groups in total. The predicted molar refractivity (Wildman–Crippen MR) is 93.3 cm³/mol. The fourth-order valence-corrected chi connectivity index (χ4v) is 2.89. The van der Waals surface area contributed by atoms with Crippen molar-refractivity contribution in [1.82, 2.24) is 10.3 Å². The first-order chi connectivity index (χ1) is 11.8. The van der Waals surface area contributed by atoms with E-state index in [9.17, 15) is 4.79 Å². The van der Waals surface area contributed by atoms with E-state index in [2.05, 4.69) is 22.4 Å². The number of hydrogen-bond donors (Lipinski definition) is 1. The molecule has 0 saturated carbocycles. The third-order valence-electron chi connectivity index (χ3n) is 4.09. The van der Waals surface area contributed by atoms with Gasteiger partial charge in [-0.15, -0.1) is 0 Å². The van der Waals surface area contributed by atoms with Crippen LogP contribution in [0.4, 0.5) is 0 Å². The molecule has 0 fully saturated rings. The first kappa shape index (κ1) is 16.2. The molecule has 2 aromatic rings. The number of carbonyl (C=O) groups is 1. The summed E-state index contributed by atoms with van der Waals surface area (Å²) >= 11 is 0. The molecule has 1 aromatic carbocycles. The van der Waals surface area contributed by atoms with Crippen LogP contribution in [0, 0.1) is 0 Å². The Morgan fingerprint density at radius 2 is 1.92 bits per heavy atom. The molecule has 2 heterocycles. The zero-order chi connectivity index (χ0) is 16.6. The van der Waals surface area contributed by atoms with Gasteiger partial charge in [0.25, 0.3) is 5.91 Å². The van der Waals surface area contributed by atoms with E-state index >= 15 is 0 Å². The number of aromatic nitrogens is 1. The Hall–Kier alpha value is -2.62. The van der Waals surface area contributed by atoms with Gasteiger partial charge in [0, 0.05) is 18.4 Å². The van der Waals surface area contributed by atoms with Crippen LogP contribution in [-0.2, 0) is 22.4 Å². The minimum absolute atomic E-state index is 0.0203. The van der Waals surface area contributed by atoms with E-state index in [-0.39, 0.29) is 11.9 Å². The Balaban J connectivity index is 1.71. The van der Waals surface area contributed by atoms with Gasteiger partial charge in [-0.1, -0.05) is 36.4 Å². The highest BCUT2D eigenvalue weighted by atomic mass is 16.5. The molecule has 1 unspecified atom stereocenters. The van der Waals surface area contributed by atoms with Crippen molar-refractivity contribution in [3.05, 3.63) is 77.8 Å². The molecule has 1 atom stereocenters. The van der Waals surface area contributed by atoms with Gasteiger partial charge >= 0.3 is 0 Å². The first-order valence-electron chi connectivity index (χ1n) is 8.35. The molecule has 0 bridgehead atoms. The minimum atomic E-state index is -0.0282. The van der Waals surface area contributed by atoms with E-state index in [0.29, 0.717) is 6.61 Å². The zero-order valence-electron chi connectivity index (χ0n) is 13.7. The Morgan fingerprint density at radius 3 is 2.62 bits per heavy atom. The van der Waals surface area contributed by atoms with Crippen LogP contribution in [0.25, 0.3) is 0 Å². The second-order valence-corrected chi connectivity index (χ2v) is 6.04. The van der Waals surface area contributed by atoms with Crippen LogP contribution < -0.4 is 5.32 Å². The fraction of sp³-hybridized carbons (Fsp3) is 0.300. The summed E-state index contributed by atoms with van der Waals surface area (Å²) in [5, 5.41) is 3.17. The summed E-state index contributed by atoms with van der Waals surface area (Å²) in [5.41, 5.74) is 3.05. The zero-order valence-corrected chi connectivity index (χ0v) is 13.7. The van der Waals surface area contributed by atoms with Crippen molar-refractivity contribution in [1.29, 1.82) is 0 Å². The van der Waals surface area contributed by atoms with Crippen LogP contribution in [-0.4, -0.2) is 23.5 Å². The van der Waals surface area contributed by atoms with Crippen molar-refractivity contribution in [3.8, 4) is 0 Å². The Labute approximate surface area is 142 Å². The van der Waals surface area contributed by atoms with E-state index in [1.165, 1.54) is 5.56 Å². The summed E-state index contributed by atoms with van der Waals surface area (Å²) in [6, 6.07) is 14.2. The molecule has 1 aliphatic heterocycles. The highest BCUT2D eigenvalue weighted by Gasteiger charge is 2.18. The number of ether oxygens (including phenoxy) is 1. The number of nitrogens with zero attached hydrogens (tertiary/aromatic N) is 1. The maximum atomic E-state index is 12.5. The van der Waals surface area contributed by atoms with Crippen molar-refractivity contribution in [2.45, 2.75) is 31.7 Å². The molecule has 0 spiro atoms. The van der Waals surface area contributed by atoms with Crippen LogP contribution in [0.5, 0.6) is 0 Å². The summed E-state index contributed by atoms with van der Waals surface area (Å²) in [7, 11) is 0. The van der Waals surface area contributed by atoms with E-state index in [1.54, 1.807) is 12.5 Å². The van der Waals surface area contributed by atoms with E-state index in [1.807, 2.05) is 36.5 Å². The summed E-state index contributed by atoms with van der Waals surface area (Å²) in [6.45, 7) is 0.694. The smallest absolute Gasteiger partial charge is 0.250 e. The van der Waals surface area contributed by atoms with Gasteiger partial charge in [0.05, 0.1) is 18.4 Å². The second-order valence-electron chi connectivity index (χ2n) is 6.04. The van der Waals surface area contributed by atoms with Gasteiger partial charge in [0.2, 0.25) is 0 Å². The van der Waals surface area contributed by atoms with Crippen molar-refractivity contribution < 1.29 is 9.53 Å². The third kappa shape index (κ3) is 4.69. The number of hydrogen-bond acceptors (Lipinski definition) is 3. The molecule has 24 heavy (non-hydrogen) atoms. The number of carbonyl (C=O) groups excluding carboxylic acids is 1. The van der Waals surface area contributed by atoms with E-state index in [4.69, 9.17) is 4.74 Å². The quantitative estimate of drug-likeness (QED) is 0.889. The lowest BCUT2D eigenvalue weighted by Crippen LogP contribution is -2.39. The lowest BCUT2D eigenvalue weighted by molar-refractivity contribution is -0.118. The molecular formula is C20H22N2O2. The molecule has 3 rings (SSSR count). The van der Waals surface area contributed by atoms with Gasteiger partial charge in [-0.2, -0.15) is 0 Å². The Morgan fingerprint density at radius 1 is 1.12 bits per heavy atom. The normalized spacial score (nSPS) is 15.1. The second kappa shape index (κ2) is 8.29. The van der Waals surface area contributed by atoms with Gasteiger partial charge in [-0.25, -0.2) is 0 Å².